The van der Waals surface area contributed by atoms with Crippen molar-refractivity contribution in [2.75, 3.05) is 0 Å². The number of hydrogen-bond donors (Lipinski definition) is 1. The third-order valence-electron chi connectivity index (χ3n) is 4.51. The van der Waals surface area contributed by atoms with Gasteiger partial charge in [0.1, 0.15) is 6.54 Å². The van der Waals surface area contributed by atoms with Crippen molar-refractivity contribution in [3.8, 4) is 11.3 Å². The average Bonchev–Trinajstić information content (AvgIpc) is 3.43. The summed E-state index contributed by atoms with van der Waals surface area (Å²) < 4.78 is 6.54. The Balaban J connectivity index is 1.53. The summed E-state index contributed by atoms with van der Waals surface area (Å²) in [5, 5.41) is 11.2. The van der Waals surface area contributed by atoms with Gasteiger partial charge in [-0.1, -0.05) is 35.5 Å². The molecule has 1 fully saturated rings. The molecular weight excluding hydrogens is 344 g/mol. The number of nitrogens with one attached hydrogen (secondary N) is 1. The fourth-order valence-electron chi connectivity index (χ4n) is 2.95. The van der Waals surface area contributed by atoms with E-state index in [9.17, 15) is 9.59 Å². The molecule has 138 valence electrons. The van der Waals surface area contributed by atoms with E-state index in [4.69, 9.17) is 4.52 Å². The van der Waals surface area contributed by atoms with Crippen LogP contribution < -0.4 is 10.9 Å². The molecule has 1 aliphatic rings. The number of hydrogen-bond acceptors (Lipinski definition) is 5. The fourth-order valence-corrected chi connectivity index (χ4v) is 2.95. The molecule has 0 radical (unpaired) electrons. The summed E-state index contributed by atoms with van der Waals surface area (Å²) in [4.78, 5) is 24.7. The van der Waals surface area contributed by atoms with Gasteiger partial charge in [0.15, 0.2) is 5.76 Å². The van der Waals surface area contributed by atoms with E-state index in [0.717, 1.165) is 29.8 Å². The van der Waals surface area contributed by atoms with E-state index in [0.29, 0.717) is 23.8 Å². The molecule has 0 bridgehead atoms. The first-order valence-electron chi connectivity index (χ1n) is 8.96. The lowest BCUT2D eigenvalue weighted by Gasteiger charge is -2.10. The molecule has 0 saturated heterocycles. The Labute approximate surface area is 156 Å². The van der Waals surface area contributed by atoms with Gasteiger partial charge in [0.2, 0.25) is 5.91 Å². The van der Waals surface area contributed by atoms with Crippen LogP contribution in [0.3, 0.4) is 0 Å². The maximum Gasteiger partial charge on any atom is 0.267 e. The molecular formula is C20H20N4O3. The van der Waals surface area contributed by atoms with E-state index in [1.54, 1.807) is 6.07 Å². The van der Waals surface area contributed by atoms with Crippen molar-refractivity contribution < 1.29 is 9.32 Å². The summed E-state index contributed by atoms with van der Waals surface area (Å²) in [6.07, 6.45) is 2.04. The second kappa shape index (κ2) is 7.19. The number of carbonyl (C=O) groups excluding carboxylic acids is 1. The van der Waals surface area contributed by atoms with Crippen molar-refractivity contribution in [2.45, 2.75) is 38.8 Å². The number of amides is 1. The molecule has 7 nitrogen and oxygen atoms in total. The minimum atomic E-state index is -0.335. The molecule has 1 N–H and O–H groups in total. The predicted molar refractivity (Wildman–Crippen MR) is 99.0 cm³/mol. The Hall–Kier alpha value is -3.22. The van der Waals surface area contributed by atoms with Gasteiger partial charge in [-0.15, -0.1) is 0 Å². The molecule has 27 heavy (non-hydrogen) atoms. The maximum atomic E-state index is 12.5. The zero-order chi connectivity index (χ0) is 18.8. The SMILES string of the molecule is Cc1cc(-c2cc(=O)n(CC(=O)NCc3ccccc3)nc2C2CC2)on1. The highest BCUT2D eigenvalue weighted by atomic mass is 16.5. The van der Waals surface area contributed by atoms with Crippen molar-refractivity contribution in [3.63, 3.8) is 0 Å². The summed E-state index contributed by atoms with van der Waals surface area (Å²) in [5.41, 5.74) is 2.88. The monoisotopic (exact) mass is 364 g/mol. The van der Waals surface area contributed by atoms with Crippen molar-refractivity contribution >= 4 is 5.91 Å². The molecule has 2 heterocycles. The van der Waals surface area contributed by atoms with Gasteiger partial charge in [0, 0.05) is 30.2 Å². The molecule has 4 rings (SSSR count). The molecule has 0 unspecified atom stereocenters. The normalized spacial score (nSPS) is 13.5. The summed E-state index contributed by atoms with van der Waals surface area (Å²) in [5.74, 6) is 0.586. The number of benzene rings is 1. The second-order valence-electron chi connectivity index (χ2n) is 6.81. The number of nitrogens with zero attached hydrogens (tertiary/aromatic N) is 3. The summed E-state index contributed by atoms with van der Waals surface area (Å²) >= 11 is 0. The van der Waals surface area contributed by atoms with Crippen LogP contribution in [0.1, 0.15) is 35.7 Å². The first-order valence-corrected chi connectivity index (χ1v) is 8.96. The van der Waals surface area contributed by atoms with E-state index in [1.807, 2.05) is 37.3 Å². The van der Waals surface area contributed by atoms with Crippen molar-refractivity contribution in [2.24, 2.45) is 0 Å². The molecule has 1 saturated carbocycles. The summed E-state index contributed by atoms with van der Waals surface area (Å²) in [6, 6.07) is 12.9. The number of rotatable bonds is 6. The molecule has 2 aromatic heterocycles. The van der Waals surface area contributed by atoms with Crippen LogP contribution in [0.15, 0.2) is 51.8 Å². The Morgan fingerprint density at radius 3 is 2.70 bits per heavy atom. The molecule has 0 spiro atoms. The van der Waals surface area contributed by atoms with Gasteiger partial charge in [-0.2, -0.15) is 5.10 Å². The molecule has 1 amide bonds. The van der Waals surface area contributed by atoms with E-state index < -0.39 is 0 Å². The fraction of sp³-hybridized carbons (Fsp3) is 0.300. The maximum absolute atomic E-state index is 12.5. The van der Waals surface area contributed by atoms with Crippen molar-refractivity contribution in [1.29, 1.82) is 0 Å². The highest BCUT2D eigenvalue weighted by molar-refractivity contribution is 5.75. The van der Waals surface area contributed by atoms with Crippen LogP contribution >= 0.6 is 0 Å². The summed E-state index contributed by atoms with van der Waals surface area (Å²) in [7, 11) is 0. The molecule has 1 aromatic carbocycles. The Morgan fingerprint density at radius 2 is 2.04 bits per heavy atom. The lowest BCUT2D eigenvalue weighted by molar-refractivity contribution is -0.122. The largest absolute Gasteiger partial charge is 0.356 e. The van der Waals surface area contributed by atoms with Crippen LogP contribution in [0.4, 0.5) is 0 Å². The number of aryl methyl sites for hydroxylation is 1. The van der Waals surface area contributed by atoms with Crippen molar-refractivity contribution in [3.05, 3.63) is 69.8 Å². The molecule has 3 aromatic rings. The number of aromatic nitrogens is 3. The van der Waals surface area contributed by atoms with Gasteiger partial charge in [0.25, 0.3) is 5.56 Å². The first-order chi connectivity index (χ1) is 13.1. The zero-order valence-corrected chi connectivity index (χ0v) is 15.0. The summed E-state index contributed by atoms with van der Waals surface area (Å²) in [6.45, 7) is 2.13. The standard InChI is InChI=1S/C20H20N4O3/c1-13-9-17(27-23-13)16-10-19(26)24(22-20(16)15-7-8-15)12-18(25)21-11-14-5-3-2-4-6-14/h2-6,9-10,15H,7-8,11-12H2,1H3,(H,21,25). The zero-order valence-electron chi connectivity index (χ0n) is 15.0. The Bertz CT molecular complexity index is 1020. The van der Waals surface area contributed by atoms with Gasteiger partial charge >= 0.3 is 0 Å². The van der Waals surface area contributed by atoms with Crippen LogP contribution in [-0.4, -0.2) is 20.8 Å². The lowest BCUT2D eigenvalue weighted by atomic mass is 10.1. The second-order valence-corrected chi connectivity index (χ2v) is 6.81. The Morgan fingerprint density at radius 1 is 1.26 bits per heavy atom. The highest BCUT2D eigenvalue weighted by Gasteiger charge is 2.30. The minimum absolute atomic E-state index is 0.110. The van der Waals surface area contributed by atoms with Crippen LogP contribution in [0.25, 0.3) is 11.3 Å². The quantitative estimate of drug-likeness (QED) is 0.725. The van der Waals surface area contributed by atoms with Gasteiger partial charge < -0.3 is 9.84 Å². The van der Waals surface area contributed by atoms with Crippen LogP contribution in [-0.2, 0) is 17.9 Å². The topological polar surface area (TPSA) is 90.0 Å². The van der Waals surface area contributed by atoms with Crippen LogP contribution in [0, 0.1) is 6.92 Å². The first kappa shape index (κ1) is 17.2. The van der Waals surface area contributed by atoms with Gasteiger partial charge in [-0.3, -0.25) is 9.59 Å². The van der Waals surface area contributed by atoms with Gasteiger partial charge in [0.05, 0.1) is 11.4 Å². The predicted octanol–water partition coefficient (Wildman–Crippen LogP) is 2.40. The minimum Gasteiger partial charge on any atom is -0.356 e. The van der Waals surface area contributed by atoms with Crippen LogP contribution in [0.2, 0.25) is 0 Å². The number of carbonyl (C=O) groups is 1. The smallest absolute Gasteiger partial charge is 0.267 e. The van der Waals surface area contributed by atoms with Crippen LogP contribution in [0.5, 0.6) is 0 Å². The van der Waals surface area contributed by atoms with Gasteiger partial charge in [-0.25, -0.2) is 4.68 Å². The molecule has 7 heteroatoms. The average molecular weight is 364 g/mol. The van der Waals surface area contributed by atoms with Crippen molar-refractivity contribution in [1.82, 2.24) is 20.3 Å². The third kappa shape index (κ3) is 3.97. The molecule has 1 aliphatic carbocycles. The highest BCUT2D eigenvalue weighted by Crippen LogP contribution is 2.42. The van der Waals surface area contributed by atoms with E-state index >= 15 is 0 Å². The lowest BCUT2D eigenvalue weighted by Crippen LogP contribution is -2.33. The molecule has 0 aliphatic heterocycles. The molecule has 0 atom stereocenters. The Kier molecular flexibility index (Phi) is 4.58. The van der Waals surface area contributed by atoms with E-state index in [-0.39, 0.29) is 18.0 Å². The van der Waals surface area contributed by atoms with Gasteiger partial charge in [-0.05, 0) is 25.3 Å². The van der Waals surface area contributed by atoms with E-state index in [2.05, 4.69) is 15.6 Å². The third-order valence-corrected chi connectivity index (χ3v) is 4.51. The van der Waals surface area contributed by atoms with E-state index in [1.165, 1.54) is 10.7 Å².